The molecular formula is C11H22F3N3O2S. The molecule has 0 bridgehead atoms. The van der Waals surface area contributed by atoms with E-state index >= 15 is 0 Å². The molecule has 9 heteroatoms. The molecule has 1 aliphatic rings. The summed E-state index contributed by atoms with van der Waals surface area (Å²) in [6.07, 6.45) is -3.74. The van der Waals surface area contributed by atoms with Crippen LogP contribution >= 0.6 is 0 Å². The van der Waals surface area contributed by atoms with Gasteiger partial charge in [-0.1, -0.05) is 13.8 Å². The van der Waals surface area contributed by atoms with E-state index in [4.69, 9.17) is 0 Å². The number of rotatable bonds is 6. The molecule has 1 fully saturated rings. The van der Waals surface area contributed by atoms with Crippen LogP contribution in [0.2, 0.25) is 0 Å². The topological polar surface area (TPSA) is 52.7 Å². The number of nitrogens with zero attached hydrogens (tertiary/aromatic N) is 2. The Morgan fingerprint density at radius 2 is 1.65 bits per heavy atom. The molecule has 0 aliphatic carbocycles. The van der Waals surface area contributed by atoms with E-state index < -0.39 is 29.0 Å². The summed E-state index contributed by atoms with van der Waals surface area (Å²) in [6, 6.07) is -0.594. The molecule has 1 N–H and O–H groups in total. The summed E-state index contributed by atoms with van der Waals surface area (Å²) in [7, 11) is -4.08. The van der Waals surface area contributed by atoms with Crippen LogP contribution in [0.1, 0.15) is 26.7 Å². The first-order chi connectivity index (χ1) is 9.22. The molecule has 120 valence electrons. The Kier molecular flexibility index (Phi) is 6.24. The predicted octanol–water partition coefficient (Wildman–Crippen LogP) is 1.19. The lowest BCUT2D eigenvalue weighted by atomic mass is 10.1. The minimum atomic E-state index is -4.54. The van der Waals surface area contributed by atoms with Gasteiger partial charge in [0.2, 0.25) is 0 Å². The van der Waals surface area contributed by atoms with Crippen LogP contribution in [0.5, 0.6) is 0 Å². The van der Waals surface area contributed by atoms with E-state index in [-0.39, 0.29) is 13.1 Å². The highest BCUT2D eigenvalue weighted by Gasteiger charge is 2.42. The van der Waals surface area contributed by atoms with Crippen LogP contribution < -0.4 is 5.32 Å². The first-order valence-corrected chi connectivity index (χ1v) is 8.16. The first kappa shape index (κ1) is 17.7. The van der Waals surface area contributed by atoms with Crippen LogP contribution in [0.4, 0.5) is 13.2 Å². The second-order valence-corrected chi connectivity index (χ2v) is 6.61. The second kappa shape index (κ2) is 7.06. The van der Waals surface area contributed by atoms with Crippen molar-refractivity contribution < 1.29 is 21.6 Å². The summed E-state index contributed by atoms with van der Waals surface area (Å²) >= 11 is 0. The van der Waals surface area contributed by atoms with Gasteiger partial charge in [-0.25, -0.2) is 0 Å². The highest BCUT2D eigenvalue weighted by molar-refractivity contribution is 7.86. The lowest BCUT2D eigenvalue weighted by Gasteiger charge is -2.36. The minimum Gasteiger partial charge on any atom is -0.317 e. The number of piperidine rings is 1. The van der Waals surface area contributed by atoms with Crippen molar-refractivity contribution in [1.82, 2.24) is 13.9 Å². The lowest BCUT2D eigenvalue weighted by molar-refractivity contribution is -0.140. The third kappa shape index (κ3) is 4.57. The fraction of sp³-hybridized carbons (Fsp3) is 1.00. The molecule has 0 spiro atoms. The molecule has 0 aromatic carbocycles. The summed E-state index contributed by atoms with van der Waals surface area (Å²) < 4.78 is 64.7. The van der Waals surface area contributed by atoms with Gasteiger partial charge in [-0.15, -0.1) is 0 Å². The van der Waals surface area contributed by atoms with Crippen LogP contribution in [0.25, 0.3) is 0 Å². The normalized spacial score (nSPS) is 18.9. The Bertz CT molecular complexity index is 390. The fourth-order valence-electron chi connectivity index (χ4n) is 2.37. The van der Waals surface area contributed by atoms with Crippen LogP contribution in [0, 0.1) is 0 Å². The number of halogens is 3. The SMILES string of the molecule is CCN(CC)S(=O)(=O)N(CC(F)(F)F)C1CCNCC1. The molecule has 0 radical (unpaired) electrons. The quantitative estimate of drug-likeness (QED) is 0.801. The maximum Gasteiger partial charge on any atom is 0.402 e. The number of hydrogen-bond acceptors (Lipinski definition) is 3. The molecular weight excluding hydrogens is 295 g/mol. The molecule has 20 heavy (non-hydrogen) atoms. The van der Waals surface area contributed by atoms with Crippen molar-refractivity contribution in [3.05, 3.63) is 0 Å². The predicted molar refractivity (Wildman–Crippen MR) is 70.5 cm³/mol. The molecule has 0 unspecified atom stereocenters. The van der Waals surface area contributed by atoms with Crippen molar-refractivity contribution in [2.75, 3.05) is 32.7 Å². The van der Waals surface area contributed by atoms with Crippen molar-refractivity contribution >= 4 is 10.2 Å². The second-order valence-electron chi connectivity index (χ2n) is 4.73. The number of alkyl halides is 3. The van der Waals surface area contributed by atoms with Crippen molar-refractivity contribution in [3.8, 4) is 0 Å². The Morgan fingerprint density at radius 3 is 2.05 bits per heavy atom. The average molecular weight is 317 g/mol. The standard InChI is InChI=1S/C11H22F3N3O2S/c1-3-16(4-2)20(18,19)17(9-11(12,13)14)10-5-7-15-8-6-10/h10,15H,3-9H2,1-2H3. The van der Waals surface area contributed by atoms with Crippen LogP contribution in [0.3, 0.4) is 0 Å². The monoisotopic (exact) mass is 317 g/mol. The molecule has 1 saturated heterocycles. The Balaban J connectivity index is 3.02. The maximum atomic E-state index is 12.7. The molecule has 0 aromatic rings. The van der Waals surface area contributed by atoms with E-state index in [9.17, 15) is 21.6 Å². The van der Waals surface area contributed by atoms with Crippen molar-refractivity contribution in [3.63, 3.8) is 0 Å². The zero-order chi connectivity index (χ0) is 15.4. The van der Waals surface area contributed by atoms with Crippen molar-refractivity contribution in [2.24, 2.45) is 0 Å². The number of nitrogens with one attached hydrogen (secondary N) is 1. The van der Waals surface area contributed by atoms with Gasteiger partial charge in [0.1, 0.15) is 6.54 Å². The Hall–Kier alpha value is -0.380. The van der Waals surface area contributed by atoms with E-state index in [2.05, 4.69) is 5.32 Å². The molecule has 5 nitrogen and oxygen atoms in total. The average Bonchev–Trinajstić information content (AvgIpc) is 2.37. The van der Waals surface area contributed by atoms with Gasteiger partial charge in [-0.05, 0) is 25.9 Å². The molecule has 1 rings (SSSR count). The third-order valence-corrected chi connectivity index (χ3v) is 5.57. The third-order valence-electron chi connectivity index (χ3n) is 3.38. The van der Waals surface area contributed by atoms with Crippen LogP contribution in [-0.2, 0) is 10.2 Å². The maximum absolute atomic E-state index is 12.7. The molecule has 0 aromatic heterocycles. The molecule has 1 heterocycles. The van der Waals surface area contributed by atoms with Crippen molar-refractivity contribution in [1.29, 1.82) is 0 Å². The van der Waals surface area contributed by atoms with E-state index in [0.29, 0.717) is 30.2 Å². The van der Waals surface area contributed by atoms with E-state index in [0.717, 1.165) is 4.31 Å². The summed E-state index contributed by atoms with van der Waals surface area (Å²) in [5, 5.41) is 3.02. The van der Waals surface area contributed by atoms with E-state index in [1.807, 2.05) is 0 Å². The van der Waals surface area contributed by atoms with Gasteiger partial charge in [-0.3, -0.25) is 0 Å². The van der Waals surface area contributed by atoms with Crippen molar-refractivity contribution in [2.45, 2.75) is 38.9 Å². The molecule has 0 amide bonds. The van der Waals surface area contributed by atoms with Crippen LogP contribution in [-0.4, -0.2) is 62.0 Å². The van der Waals surface area contributed by atoms with Gasteiger partial charge in [0.05, 0.1) is 0 Å². The van der Waals surface area contributed by atoms with E-state index in [1.54, 1.807) is 13.8 Å². The largest absolute Gasteiger partial charge is 0.402 e. The zero-order valence-electron chi connectivity index (χ0n) is 11.8. The zero-order valence-corrected chi connectivity index (χ0v) is 12.6. The summed E-state index contributed by atoms with van der Waals surface area (Å²) in [6.45, 7) is 3.22. The summed E-state index contributed by atoms with van der Waals surface area (Å²) in [5.41, 5.74) is 0. The Labute approximate surface area is 118 Å². The molecule has 0 saturated carbocycles. The minimum absolute atomic E-state index is 0.165. The van der Waals surface area contributed by atoms with Gasteiger partial charge in [-0.2, -0.15) is 30.2 Å². The van der Waals surface area contributed by atoms with Gasteiger partial charge in [0, 0.05) is 19.1 Å². The lowest BCUT2D eigenvalue weighted by Crippen LogP contribution is -2.54. The fourth-order valence-corrected chi connectivity index (χ4v) is 4.21. The van der Waals surface area contributed by atoms with E-state index in [1.165, 1.54) is 0 Å². The molecule has 0 atom stereocenters. The van der Waals surface area contributed by atoms with Crippen LogP contribution in [0.15, 0.2) is 0 Å². The van der Waals surface area contributed by atoms with Gasteiger partial charge < -0.3 is 5.32 Å². The number of hydrogen-bond donors (Lipinski definition) is 1. The molecule has 1 aliphatic heterocycles. The highest BCUT2D eigenvalue weighted by Crippen LogP contribution is 2.25. The van der Waals surface area contributed by atoms with Gasteiger partial charge in [0.15, 0.2) is 0 Å². The first-order valence-electron chi connectivity index (χ1n) is 6.76. The Morgan fingerprint density at radius 1 is 1.15 bits per heavy atom. The summed E-state index contributed by atoms with van der Waals surface area (Å²) in [4.78, 5) is 0. The van der Waals surface area contributed by atoms with Gasteiger partial charge in [0.25, 0.3) is 10.2 Å². The van der Waals surface area contributed by atoms with Gasteiger partial charge >= 0.3 is 6.18 Å². The summed E-state index contributed by atoms with van der Waals surface area (Å²) in [5.74, 6) is 0. The smallest absolute Gasteiger partial charge is 0.317 e. The highest BCUT2D eigenvalue weighted by atomic mass is 32.2.